The molecule has 0 aliphatic carbocycles. The molecule has 0 fully saturated rings. The first-order valence-electron chi connectivity index (χ1n) is 4.36. The highest BCUT2D eigenvalue weighted by molar-refractivity contribution is 5.89. The van der Waals surface area contributed by atoms with Gasteiger partial charge in [0, 0.05) is 12.3 Å². The van der Waals surface area contributed by atoms with Crippen LogP contribution in [0.1, 0.15) is 16.2 Å². The molecule has 0 bridgehead atoms. The van der Waals surface area contributed by atoms with E-state index in [0.29, 0.717) is 17.0 Å². The Morgan fingerprint density at radius 1 is 1.60 bits per heavy atom. The Bertz CT molecular complexity index is 533. The lowest BCUT2D eigenvalue weighted by Gasteiger charge is -1.99. The molecule has 0 aromatic carbocycles. The van der Waals surface area contributed by atoms with Gasteiger partial charge in [0.15, 0.2) is 5.69 Å². The summed E-state index contributed by atoms with van der Waals surface area (Å²) in [5.74, 6) is -0.865. The molecule has 0 unspecified atom stereocenters. The van der Waals surface area contributed by atoms with Gasteiger partial charge in [-0.25, -0.2) is 14.2 Å². The Kier molecular flexibility index (Phi) is 2.15. The molecular formula is C10H9FN2O2. The lowest BCUT2D eigenvalue weighted by atomic mass is 10.3. The van der Waals surface area contributed by atoms with Gasteiger partial charge < -0.3 is 4.74 Å². The summed E-state index contributed by atoms with van der Waals surface area (Å²) >= 11 is 0. The van der Waals surface area contributed by atoms with E-state index in [1.165, 1.54) is 29.8 Å². The van der Waals surface area contributed by atoms with E-state index in [9.17, 15) is 9.18 Å². The van der Waals surface area contributed by atoms with Gasteiger partial charge in [-0.3, -0.25) is 4.40 Å². The van der Waals surface area contributed by atoms with E-state index in [-0.39, 0.29) is 5.82 Å². The maximum absolute atomic E-state index is 12.9. The predicted molar refractivity (Wildman–Crippen MR) is 51.2 cm³/mol. The van der Waals surface area contributed by atoms with Crippen LogP contribution in [0.2, 0.25) is 0 Å². The van der Waals surface area contributed by atoms with Crippen molar-refractivity contribution in [2.24, 2.45) is 0 Å². The Balaban J connectivity index is 2.73. The summed E-state index contributed by atoms with van der Waals surface area (Å²) in [4.78, 5) is 15.5. The first kappa shape index (κ1) is 9.64. The maximum atomic E-state index is 12.9. The molecule has 2 heterocycles. The number of aryl methyl sites for hydroxylation is 1. The van der Waals surface area contributed by atoms with E-state index in [2.05, 4.69) is 9.72 Å². The fourth-order valence-corrected chi connectivity index (χ4v) is 1.48. The number of hydrogen-bond acceptors (Lipinski definition) is 3. The molecule has 4 nitrogen and oxygen atoms in total. The minimum absolute atomic E-state index is 0.326. The number of imidazole rings is 1. The quantitative estimate of drug-likeness (QED) is 0.668. The number of carbonyl (C=O) groups excluding carboxylic acids is 1. The monoisotopic (exact) mass is 208 g/mol. The molecular weight excluding hydrogens is 199 g/mol. The number of rotatable bonds is 1. The molecule has 5 heteroatoms. The van der Waals surface area contributed by atoms with Crippen molar-refractivity contribution in [3.8, 4) is 0 Å². The summed E-state index contributed by atoms with van der Waals surface area (Å²) in [5.41, 5.74) is 1.24. The number of nitrogens with zero attached hydrogens (tertiary/aromatic N) is 2. The molecule has 2 aromatic heterocycles. The van der Waals surface area contributed by atoms with Crippen LogP contribution in [-0.4, -0.2) is 22.5 Å². The summed E-state index contributed by atoms with van der Waals surface area (Å²) in [7, 11) is 1.30. The van der Waals surface area contributed by atoms with Crippen molar-refractivity contribution in [3.05, 3.63) is 35.5 Å². The fourth-order valence-electron chi connectivity index (χ4n) is 1.48. The molecule has 15 heavy (non-hydrogen) atoms. The largest absolute Gasteiger partial charge is 0.464 e. The zero-order valence-electron chi connectivity index (χ0n) is 8.32. The molecule has 0 amide bonds. The molecule has 0 atom stereocenters. The molecule has 0 radical (unpaired) electrons. The standard InChI is InChI=1S/C10H9FN2O2/c1-6-9(10(14)15-2)13-4-3-7(11)5-8(13)12-6/h3-5H,1-2H3. The third-order valence-corrected chi connectivity index (χ3v) is 2.14. The predicted octanol–water partition coefficient (Wildman–Crippen LogP) is 1.57. The molecule has 0 N–H and O–H groups in total. The number of ether oxygens (including phenoxy) is 1. The number of esters is 1. The number of hydrogen-bond donors (Lipinski definition) is 0. The molecule has 0 saturated heterocycles. The van der Waals surface area contributed by atoms with Gasteiger partial charge in [0.05, 0.1) is 12.8 Å². The Morgan fingerprint density at radius 3 is 3.00 bits per heavy atom. The van der Waals surface area contributed by atoms with E-state index in [1.54, 1.807) is 6.92 Å². The van der Waals surface area contributed by atoms with Crippen LogP contribution in [0.4, 0.5) is 4.39 Å². The van der Waals surface area contributed by atoms with Crippen LogP contribution >= 0.6 is 0 Å². The second kappa shape index (κ2) is 3.34. The van der Waals surface area contributed by atoms with E-state index < -0.39 is 5.97 Å². The minimum atomic E-state index is -0.480. The third-order valence-electron chi connectivity index (χ3n) is 2.14. The Labute approximate surface area is 85.3 Å². The average molecular weight is 208 g/mol. The molecule has 0 spiro atoms. The van der Waals surface area contributed by atoms with Gasteiger partial charge in [0.2, 0.25) is 0 Å². The summed E-state index contributed by atoms with van der Waals surface area (Å²) in [5, 5.41) is 0. The van der Waals surface area contributed by atoms with Crippen molar-refractivity contribution in [2.75, 3.05) is 7.11 Å². The first-order valence-corrected chi connectivity index (χ1v) is 4.36. The van der Waals surface area contributed by atoms with Gasteiger partial charge in [0.1, 0.15) is 11.5 Å². The molecule has 2 aromatic rings. The zero-order chi connectivity index (χ0) is 11.0. The van der Waals surface area contributed by atoms with E-state index in [4.69, 9.17) is 0 Å². The number of pyridine rings is 1. The van der Waals surface area contributed by atoms with Gasteiger partial charge in [-0.05, 0) is 13.0 Å². The lowest BCUT2D eigenvalue weighted by Crippen LogP contribution is -2.06. The smallest absolute Gasteiger partial charge is 0.356 e. The maximum Gasteiger partial charge on any atom is 0.356 e. The Morgan fingerprint density at radius 2 is 2.33 bits per heavy atom. The molecule has 0 aliphatic heterocycles. The topological polar surface area (TPSA) is 43.6 Å². The van der Waals surface area contributed by atoms with E-state index in [1.807, 2.05) is 0 Å². The first-order chi connectivity index (χ1) is 7.13. The number of methoxy groups -OCH3 is 1. The van der Waals surface area contributed by atoms with E-state index >= 15 is 0 Å². The van der Waals surface area contributed by atoms with Gasteiger partial charge in [-0.2, -0.15) is 0 Å². The highest BCUT2D eigenvalue weighted by atomic mass is 19.1. The zero-order valence-corrected chi connectivity index (χ0v) is 8.32. The summed E-state index contributed by atoms with van der Waals surface area (Å²) in [6.45, 7) is 1.68. The van der Waals surface area contributed by atoms with Crippen LogP contribution in [0.3, 0.4) is 0 Å². The SMILES string of the molecule is COC(=O)c1c(C)nc2cc(F)ccn12. The molecule has 78 valence electrons. The normalized spacial score (nSPS) is 10.6. The summed E-state index contributed by atoms with van der Waals surface area (Å²) in [6, 6.07) is 2.53. The number of halogens is 1. The summed E-state index contributed by atoms with van der Waals surface area (Å²) < 4.78 is 19.0. The van der Waals surface area contributed by atoms with Crippen LogP contribution in [-0.2, 0) is 4.74 Å². The fraction of sp³-hybridized carbons (Fsp3) is 0.200. The van der Waals surface area contributed by atoms with Crippen LogP contribution < -0.4 is 0 Å². The summed E-state index contributed by atoms with van der Waals surface area (Å²) in [6.07, 6.45) is 1.46. The van der Waals surface area contributed by atoms with Crippen LogP contribution in [0.5, 0.6) is 0 Å². The molecule has 0 aliphatic rings. The average Bonchev–Trinajstić information content (AvgIpc) is 2.52. The van der Waals surface area contributed by atoms with Gasteiger partial charge in [-0.15, -0.1) is 0 Å². The van der Waals surface area contributed by atoms with Gasteiger partial charge >= 0.3 is 5.97 Å². The van der Waals surface area contributed by atoms with Crippen LogP contribution in [0, 0.1) is 12.7 Å². The third kappa shape index (κ3) is 1.45. The van der Waals surface area contributed by atoms with E-state index in [0.717, 1.165) is 0 Å². The van der Waals surface area contributed by atoms with Crippen LogP contribution in [0.25, 0.3) is 5.65 Å². The van der Waals surface area contributed by atoms with Crippen molar-refractivity contribution in [3.63, 3.8) is 0 Å². The van der Waals surface area contributed by atoms with Crippen LogP contribution in [0.15, 0.2) is 18.3 Å². The van der Waals surface area contributed by atoms with Crippen molar-refractivity contribution >= 4 is 11.6 Å². The van der Waals surface area contributed by atoms with Crippen molar-refractivity contribution in [1.82, 2.24) is 9.38 Å². The van der Waals surface area contributed by atoms with Gasteiger partial charge in [-0.1, -0.05) is 0 Å². The Hall–Kier alpha value is -1.91. The second-order valence-electron chi connectivity index (χ2n) is 3.11. The van der Waals surface area contributed by atoms with Crippen molar-refractivity contribution in [1.29, 1.82) is 0 Å². The number of carbonyl (C=O) groups is 1. The van der Waals surface area contributed by atoms with Crippen molar-refractivity contribution < 1.29 is 13.9 Å². The lowest BCUT2D eigenvalue weighted by molar-refractivity contribution is 0.0592. The molecule has 0 saturated carbocycles. The van der Waals surface area contributed by atoms with Crippen molar-refractivity contribution in [2.45, 2.75) is 6.92 Å². The number of aromatic nitrogens is 2. The van der Waals surface area contributed by atoms with Gasteiger partial charge in [0.25, 0.3) is 0 Å². The highest BCUT2D eigenvalue weighted by Gasteiger charge is 2.16. The second-order valence-corrected chi connectivity index (χ2v) is 3.11. The number of fused-ring (bicyclic) bond motifs is 1. The highest BCUT2D eigenvalue weighted by Crippen LogP contribution is 2.13. The molecule has 2 rings (SSSR count). The minimum Gasteiger partial charge on any atom is -0.464 e.